The second-order valence-corrected chi connectivity index (χ2v) is 6.63. The zero-order chi connectivity index (χ0) is 18.0. The van der Waals surface area contributed by atoms with Gasteiger partial charge < -0.3 is 15.0 Å². The van der Waals surface area contributed by atoms with Crippen molar-refractivity contribution < 1.29 is 14.3 Å². The number of hydrogen-bond acceptors (Lipinski definition) is 3. The minimum absolute atomic E-state index is 0.0537. The van der Waals surface area contributed by atoms with E-state index in [-0.39, 0.29) is 18.2 Å². The van der Waals surface area contributed by atoms with Gasteiger partial charge in [-0.2, -0.15) is 0 Å². The van der Waals surface area contributed by atoms with E-state index in [2.05, 4.69) is 5.32 Å². The lowest BCUT2D eigenvalue weighted by molar-refractivity contribution is -0.136. The maximum absolute atomic E-state index is 12.4. The van der Waals surface area contributed by atoms with Crippen LogP contribution in [0.1, 0.15) is 12.0 Å². The molecule has 2 aromatic rings. The molecule has 2 aromatic carbocycles. The Hall–Kier alpha value is -2.24. The van der Waals surface area contributed by atoms with Crippen LogP contribution in [0.3, 0.4) is 0 Å². The number of halogens is 2. The standard InChI is InChI=1S/C18H16Cl2N2O3/c1-22(10-11-6-7-12(19)8-13(11)20)17(23)9-16-18(24)21-14-4-2-3-5-15(14)25-16/h2-8,16H,9-10H2,1H3,(H,21,24)/t16-/m0/s1. The fourth-order valence-electron chi connectivity index (χ4n) is 2.54. The Balaban J connectivity index is 1.64. The molecule has 0 bridgehead atoms. The maximum atomic E-state index is 12.4. The second-order valence-electron chi connectivity index (χ2n) is 5.78. The highest BCUT2D eigenvalue weighted by Gasteiger charge is 2.30. The first kappa shape index (κ1) is 17.6. The number of amides is 2. The molecular weight excluding hydrogens is 363 g/mol. The molecule has 0 spiro atoms. The maximum Gasteiger partial charge on any atom is 0.266 e. The van der Waals surface area contributed by atoms with E-state index in [1.165, 1.54) is 4.90 Å². The zero-order valence-electron chi connectivity index (χ0n) is 13.5. The fraction of sp³-hybridized carbons (Fsp3) is 0.222. The highest BCUT2D eigenvalue weighted by Crippen LogP contribution is 2.30. The Kier molecular flexibility index (Phi) is 5.16. The Morgan fingerprint density at radius 3 is 2.76 bits per heavy atom. The van der Waals surface area contributed by atoms with Crippen molar-refractivity contribution in [1.29, 1.82) is 0 Å². The summed E-state index contributed by atoms with van der Waals surface area (Å²) in [7, 11) is 1.65. The number of benzene rings is 2. The molecule has 0 fully saturated rings. The van der Waals surface area contributed by atoms with E-state index in [0.717, 1.165) is 5.56 Å². The summed E-state index contributed by atoms with van der Waals surface area (Å²) in [5.74, 6) is 0.0128. The number of para-hydroxylation sites is 2. The monoisotopic (exact) mass is 378 g/mol. The molecule has 1 heterocycles. The molecule has 25 heavy (non-hydrogen) atoms. The van der Waals surface area contributed by atoms with Crippen molar-refractivity contribution in [2.75, 3.05) is 12.4 Å². The van der Waals surface area contributed by atoms with Crippen LogP contribution in [0.25, 0.3) is 0 Å². The van der Waals surface area contributed by atoms with Gasteiger partial charge in [0.15, 0.2) is 6.10 Å². The smallest absolute Gasteiger partial charge is 0.266 e. The van der Waals surface area contributed by atoms with Crippen molar-refractivity contribution in [3.8, 4) is 5.75 Å². The number of hydrogen-bond donors (Lipinski definition) is 1. The molecule has 0 aliphatic carbocycles. The number of carbonyl (C=O) groups is 2. The lowest BCUT2D eigenvalue weighted by atomic mass is 10.1. The SMILES string of the molecule is CN(Cc1ccc(Cl)cc1Cl)C(=O)C[C@@H]1Oc2ccccc2NC1=O. The lowest BCUT2D eigenvalue weighted by Crippen LogP contribution is -2.41. The van der Waals surface area contributed by atoms with Gasteiger partial charge >= 0.3 is 0 Å². The first-order valence-electron chi connectivity index (χ1n) is 7.68. The van der Waals surface area contributed by atoms with E-state index in [4.69, 9.17) is 27.9 Å². The minimum atomic E-state index is -0.856. The quantitative estimate of drug-likeness (QED) is 0.881. The molecule has 1 aliphatic rings. The third-order valence-corrected chi connectivity index (χ3v) is 4.50. The Morgan fingerprint density at radius 2 is 2.00 bits per heavy atom. The number of anilines is 1. The molecule has 0 saturated heterocycles. The highest BCUT2D eigenvalue weighted by molar-refractivity contribution is 6.35. The molecule has 1 atom stereocenters. The van der Waals surface area contributed by atoms with E-state index in [0.29, 0.717) is 28.0 Å². The van der Waals surface area contributed by atoms with E-state index < -0.39 is 6.10 Å². The lowest BCUT2D eigenvalue weighted by Gasteiger charge is -2.27. The first-order valence-corrected chi connectivity index (χ1v) is 8.44. The van der Waals surface area contributed by atoms with E-state index in [9.17, 15) is 9.59 Å². The molecule has 5 nitrogen and oxygen atoms in total. The molecule has 0 unspecified atom stereocenters. The van der Waals surface area contributed by atoms with Crippen LogP contribution < -0.4 is 10.1 Å². The van der Waals surface area contributed by atoms with Gasteiger partial charge in [0.05, 0.1) is 12.1 Å². The third-order valence-electron chi connectivity index (χ3n) is 3.91. The van der Waals surface area contributed by atoms with Crippen molar-refractivity contribution >= 4 is 40.7 Å². The van der Waals surface area contributed by atoms with Crippen LogP contribution >= 0.6 is 23.2 Å². The average molecular weight is 379 g/mol. The normalized spacial score (nSPS) is 15.8. The topological polar surface area (TPSA) is 58.6 Å². The van der Waals surface area contributed by atoms with Gasteiger partial charge in [0.1, 0.15) is 5.75 Å². The predicted octanol–water partition coefficient (Wildman–Crippen LogP) is 3.74. The summed E-state index contributed by atoms with van der Waals surface area (Å²) in [6, 6.07) is 12.2. The molecule has 3 rings (SSSR count). The number of carbonyl (C=O) groups excluding carboxylic acids is 2. The number of nitrogens with one attached hydrogen (secondary N) is 1. The van der Waals surface area contributed by atoms with Crippen molar-refractivity contribution in [1.82, 2.24) is 4.90 Å². The largest absolute Gasteiger partial charge is 0.478 e. The number of nitrogens with zero attached hydrogens (tertiary/aromatic N) is 1. The minimum Gasteiger partial charge on any atom is -0.478 e. The zero-order valence-corrected chi connectivity index (χ0v) is 15.0. The van der Waals surface area contributed by atoms with Gasteiger partial charge in [0.2, 0.25) is 5.91 Å². The van der Waals surface area contributed by atoms with Gasteiger partial charge in [-0.05, 0) is 29.8 Å². The third kappa shape index (κ3) is 4.06. The second kappa shape index (κ2) is 7.33. The Bertz CT molecular complexity index is 826. The van der Waals surface area contributed by atoms with Crippen LogP contribution in [0.15, 0.2) is 42.5 Å². The molecule has 1 N–H and O–H groups in total. The summed E-state index contributed by atoms with van der Waals surface area (Å²) in [6.07, 6.45) is -0.910. The van der Waals surface area contributed by atoms with Crippen molar-refractivity contribution in [2.24, 2.45) is 0 Å². The molecule has 0 saturated carbocycles. The number of ether oxygens (including phenoxy) is 1. The molecule has 7 heteroatoms. The van der Waals surface area contributed by atoms with Crippen molar-refractivity contribution in [3.05, 3.63) is 58.1 Å². The molecule has 0 radical (unpaired) electrons. The van der Waals surface area contributed by atoms with Crippen molar-refractivity contribution in [2.45, 2.75) is 19.1 Å². The number of fused-ring (bicyclic) bond motifs is 1. The summed E-state index contributed by atoms with van der Waals surface area (Å²) >= 11 is 12.0. The number of rotatable bonds is 4. The van der Waals surface area contributed by atoms with Gasteiger partial charge in [-0.3, -0.25) is 9.59 Å². The molecule has 130 valence electrons. The highest BCUT2D eigenvalue weighted by atomic mass is 35.5. The van der Waals surface area contributed by atoms with E-state index in [1.54, 1.807) is 43.4 Å². The van der Waals surface area contributed by atoms with Gasteiger partial charge in [0, 0.05) is 23.6 Å². The Morgan fingerprint density at radius 1 is 1.24 bits per heavy atom. The Labute approximate surface area is 155 Å². The van der Waals surface area contributed by atoms with Crippen LogP contribution in [-0.4, -0.2) is 29.9 Å². The van der Waals surface area contributed by atoms with Crippen LogP contribution in [0.2, 0.25) is 10.0 Å². The van der Waals surface area contributed by atoms with Crippen LogP contribution in [-0.2, 0) is 16.1 Å². The summed E-state index contributed by atoms with van der Waals surface area (Å²) in [5.41, 5.74) is 1.39. The summed E-state index contributed by atoms with van der Waals surface area (Å²) in [4.78, 5) is 26.1. The fourth-order valence-corrected chi connectivity index (χ4v) is 3.00. The summed E-state index contributed by atoms with van der Waals surface area (Å²) < 4.78 is 5.65. The van der Waals surface area contributed by atoms with Gasteiger partial charge in [0.25, 0.3) is 5.91 Å². The molecule has 2 amide bonds. The van der Waals surface area contributed by atoms with Crippen LogP contribution in [0, 0.1) is 0 Å². The van der Waals surface area contributed by atoms with E-state index in [1.807, 2.05) is 6.07 Å². The van der Waals surface area contributed by atoms with Crippen LogP contribution in [0.5, 0.6) is 5.75 Å². The summed E-state index contributed by atoms with van der Waals surface area (Å²) in [6.45, 7) is 0.319. The molecule has 0 aromatic heterocycles. The van der Waals surface area contributed by atoms with E-state index >= 15 is 0 Å². The predicted molar refractivity (Wildman–Crippen MR) is 97.0 cm³/mol. The van der Waals surface area contributed by atoms with Gasteiger partial charge in [-0.25, -0.2) is 0 Å². The van der Waals surface area contributed by atoms with Gasteiger partial charge in [-0.1, -0.05) is 41.4 Å². The van der Waals surface area contributed by atoms with Crippen molar-refractivity contribution in [3.63, 3.8) is 0 Å². The average Bonchev–Trinajstić information content (AvgIpc) is 2.58. The molecular formula is C18H16Cl2N2O3. The van der Waals surface area contributed by atoms with Crippen LogP contribution in [0.4, 0.5) is 5.69 Å². The first-order chi connectivity index (χ1) is 11.9. The molecule has 1 aliphatic heterocycles. The summed E-state index contributed by atoms with van der Waals surface area (Å²) in [5, 5.41) is 3.78. The van der Waals surface area contributed by atoms with Gasteiger partial charge in [-0.15, -0.1) is 0 Å².